The minimum Gasteiger partial charge on any atom is -0.384 e. The van der Waals surface area contributed by atoms with E-state index in [-0.39, 0.29) is 5.91 Å². The third-order valence-electron chi connectivity index (χ3n) is 4.02. The number of amides is 1. The molecular formula is C17H26N2O. The standard InChI is InChI=1S/C17H26N2O/c1-5-8-18-16-10-12(2)6-7-15(16)17(20)19-11-13(3)9-14(19)4/h6-7,10,13-14,18H,5,8-9,11H2,1-4H3. The number of carbonyl (C=O) groups excluding carboxylic acids is 1. The molecular weight excluding hydrogens is 248 g/mol. The molecule has 1 N–H and O–H groups in total. The Morgan fingerprint density at radius 2 is 2.15 bits per heavy atom. The van der Waals surface area contributed by atoms with Gasteiger partial charge >= 0.3 is 0 Å². The second kappa shape index (κ2) is 6.29. The first-order valence-corrected chi connectivity index (χ1v) is 7.68. The fourth-order valence-electron chi connectivity index (χ4n) is 2.99. The summed E-state index contributed by atoms with van der Waals surface area (Å²) in [5, 5.41) is 3.39. The van der Waals surface area contributed by atoms with Crippen LogP contribution in [-0.2, 0) is 0 Å². The van der Waals surface area contributed by atoms with E-state index in [0.29, 0.717) is 12.0 Å². The third-order valence-corrected chi connectivity index (χ3v) is 4.02. The van der Waals surface area contributed by atoms with Crippen LogP contribution in [-0.4, -0.2) is 29.9 Å². The van der Waals surface area contributed by atoms with Gasteiger partial charge in [-0.1, -0.05) is 19.9 Å². The summed E-state index contributed by atoms with van der Waals surface area (Å²) >= 11 is 0. The van der Waals surface area contributed by atoms with Gasteiger partial charge < -0.3 is 10.2 Å². The van der Waals surface area contributed by atoms with Crippen LogP contribution in [0.15, 0.2) is 18.2 Å². The van der Waals surface area contributed by atoms with E-state index in [0.717, 1.165) is 37.2 Å². The molecule has 1 amide bonds. The molecule has 2 atom stereocenters. The van der Waals surface area contributed by atoms with Gasteiger partial charge in [0.05, 0.1) is 5.56 Å². The Morgan fingerprint density at radius 3 is 2.75 bits per heavy atom. The molecule has 3 heteroatoms. The van der Waals surface area contributed by atoms with E-state index in [1.807, 2.05) is 17.0 Å². The van der Waals surface area contributed by atoms with Crippen LogP contribution in [0.5, 0.6) is 0 Å². The van der Waals surface area contributed by atoms with E-state index >= 15 is 0 Å². The van der Waals surface area contributed by atoms with E-state index < -0.39 is 0 Å². The number of likely N-dealkylation sites (tertiary alicyclic amines) is 1. The number of anilines is 1. The SMILES string of the molecule is CCCNc1cc(C)ccc1C(=O)N1CC(C)CC1C. The molecule has 1 aliphatic rings. The van der Waals surface area contributed by atoms with Crippen LogP contribution >= 0.6 is 0 Å². The first kappa shape index (κ1) is 14.9. The summed E-state index contributed by atoms with van der Waals surface area (Å²) in [6.45, 7) is 10.3. The molecule has 1 aliphatic heterocycles. The zero-order valence-electron chi connectivity index (χ0n) is 13.1. The lowest BCUT2D eigenvalue weighted by Gasteiger charge is -2.23. The monoisotopic (exact) mass is 274 g/mol. The Kier molecular flexibility index (Phi) is 4.69. The minimum absolute atomic E-state index is 0.167. The highest BCUT2D eigenvalue weighted by atomic mass is 16.2. The first-order valence-electron chi connectivity index (χ1n) is 7.68. The van der Waals surface area contributed by atoms with Crippen molar-refractivity contribution in [1.29, 1.82) is 0 Å². The summed E-state index contributed by atoms with van der Waals surface area (Å²) in [5.74, 6) is 0.770. The molecule has 0 spiro atoms. The molecule has 20 heavy (non-hydrogen) atoms. The molecule has 1 fully saturated rings. The number of rotatable bonds is 4. The average molecular weight is 274 g/mol. The summed E-state index contributed by atoms with van der Waals surface area (Å²) in [7, 11) is 0. The molecule has 0 aromatic heterocycles. The predicted octanol–water partition coefficient (Wildman–Crippen LogP) is 3.69. The van der Waals surface area contributed by atoms with Gasteiger partial charge in [0.15, 0.2) is 0 Å². The normalized spacial score (nSPS) is 22.1. The van der Waals surface area contributed by atoms with Crippen LogP contribution in [0.3, 0.4) is 0 Å². The van der Waals surface area contributed by atoms with Gasteiger partial charge in [0, 0.05) is 24.8 Å². The molecule has 1 saturated heterocycles. The fraction of sp³-hybridized carbons (Fsp3) is 0.588. The van der Waals surface area contributed by atoms with Crippen molar-refractivity contribution in [3.63, 3.8) is 0 Å². The van der Waals surface area contributed by atoms with Crippen molar-refractivity contribution >= 4 is 11.6 Å². The van der Waals surface area contributed by atoms with Gasteiger partial charge in [0.25, 0.3) is 5.91 Å². The molecule has 1 heterocycles. The number of hydrogen-bond acceptors (Lipinski definition) is 2. The molecule has 3 nitrogen and oxygen atoms in total. The average Bonchev–Trinajstić information content (AvgIpc) is 2.74. The van der Waals surface area contributed by atoms with E-state index in [4.69, 9.17) is 0 Å². The largest absolute Gasteiger partial charge is 0.384 e. The molecule has 0 saturated carbocycles. The van der Waals surface area contributed by atoms with Crippen molar-refractivity contribution in [2.24, 2.45) is 5.92 Å². The van der Waals surface area contributed by atoms with Crippen molar-refractivity contribution in [3.05, 3.63) is 29.3 Å². The van der Waals surface area contributed by atoms with Crippen molar-refractivity contribution in [3.8, 4) is 0 Å². The molecule has 2 unspecified atom stereocenters. The van der Waals surface area contributed by atoms with E-state index in [2.05, 4.69) is 39.1 Å². The van der Waals surface area contributed by atoms with Gasteiger partial charge in [0.2, 0.25) is 0 Å². The maximum Gasteiger partial charge on any atom is 0.256 e. The van der Waals surface area contributed by atoms with Gasteiger partial charge in [0.1, 0.15) is 0 Å². The number of carbonyl (C=O) groups is 1. The summed E-state index contributed by atoms with van der Waals surface area (Å²) in [5.41, 5.74) is 2.97. The highest BCUT2D eigenvalue weighted by molar-refractivity contribution is 6.00. The van der Waals surface area contributed by atoms with Crippen molar-refractivity contribution in [2.75, 3.05) is 18.4 Å². The number of aryl methyl sites for hydroxylation is 1. The van der Waals surface area contributed by atoms with Crippen LogP contribution in [0.1, 0.15) is 49.5 Å². The number of hydrogen-bond donors (Lipinski definition) is 1. The molecule has 1 aromatic rings. The van der Waals surface area contributed by atoms with E-state index in [1.165, 1.54) is 5.56 Å². The summed E-state index contributed by atoms with van der Waals surface area (Å²) in [4.78, 5) is 14.8. The predicted molar refractivity (Wildman–Crippen MR) is 84.2 cm³/mol. The molecule has 110 valence electrons. The smallest absolute Gasteiger partial charge is 0.256 e. The Hall–Kier alpha value is -1.51. The van der Waals surface area contributed by atoms with Gasteiger partial charge in [-0.2, -0.15) is 0 Å². The summed E-state index contributed by atoms with van der Waals surface area (Å²) < 4.78 is 0. The van der Waals surface area contributed by atoms with Crippen molar-refractivity contribution in [2.45, 2.75) is 46.6 Å². The topological polar surface area (TPSA) is 32.3 Å². The highest BCUT2D eigenvalue weighted by Gasteiger charge is 2.31. The quantitative estimate of drug-likeness (QED) is 0.908. The maximum absolute atomic E-state index is 12.8. The third kappa shape index (κ3) is 3.14. The van der Waals surface area contributed by atoms with E-state index in [1.54, 1.807) is 0 Å². The summed E-state index contributed by atoms with van der Waals surface area (Å²) in [6, 6.07) is 6.41. The number of benzene rings is 1. The number of nitrogens with zero attached hydrogens (tertiary/aromatic N) is 1. The van der Waals surface area contributed by atoms with Crippen molar-refractivity contribution < 1.29 is 4.79 Å². The molecule has 2 rings (SSSR count). The van der Waals surface area contributed by atoms with Crippen LogP contribution in [0, 0.1) is 12.8 Å². The Bertz CT molecular complexity index is 484. The Morgan fingerprint density at radius 1 is 1.40 bits per heavy atom. The fourth-order valence-corrected chi connectivity index (χ4v) is 2.99. The van der Waals surface area contributed by atoms with Crippen LogP contribution in [0.4, 0.5) is 5.69 Å². The molecule has 0 bridgehead atoms. The van der Waals surface area contributed by atoms with Gasteiger partial charge in [-0.25, -0.2) is 0 Å². The van der Waals surface area contributed by atoms with Crippen molar-refractivity contribution in [1.82, 2.24) is 4.90 Å². The first-order chi connectivity index (χ1) is 9.52. The van der Waals surface area contributed by atoms with Crippen LogP contribution in [0.25, 0.3) is 0 Å². The van der Waals surface area contributed by atoms with Gasteiger partial charge in [-0.05, 0) is 50.3 Å². The maximum atomic E-state index is 12.8. The van der Waals surface area contributed by atoms with Gasteiger partial charge in [-0.15, -0.1) is 0 Å². The molecule has 0 radical (unpaired) electrons. The lowest BCUT2D eigenvalue weighted by atomic mass is 10.1. The molecule has 1 aromatic carbocycles. The summed E-state index contributed by atoms with van der Waals surface area (Å²) in [6.07, 6.45) is 2.16. The van der Waals surface area contributed by atoms with Crippen LogP contribution < -0.4 is 5.32 Å². The molecule has 0 aliphatic carbocycles. The lowest BCUT2D eigenvalue weighted by Crippen LogP contribution is -2.34. The Labute approximate surface area is 122 Å². The van der Waals surface area contributed by atoms with Crippen LogP contribution in [0.2, 0.25) is 0 Å². The second-order valence-corrected chi connectivity index (χ2v) is 6.12. The lowest BCUT2D eigenvalue weighted by molar-refractivity contribution is 0.0744. The zero-order valence-corrected chi connectivity index (χ0v) is 13.1. The van der Waals surface area contributed by atoms with E-state index in [9.17, 15) is 4.79 Å². The van der Waals surface area contributed by atoms with Gasteiger partial charge in [-0.3, -0.25) is 4.79 Å². The second-order valence-electron chi connectivity index (χ2n) is 6.12. The number of nitrogens with one attached hydrogen (secondary N) is 1. The Balaban J connectivity index is 2.24. The highest BCUT2D eigenvalue weighted by Crippen LogP contribution is 2.27. The minimum atomic E-state index is 0.167. The zero-order chi connectivity index (χ0) is 14.7.